The molecule has 0 fully saturated rings. The van der Waals surface area contributed by atoms with E-state index in [4.69, 9.17) is 16.3 Å². The molecule has 1 aliphatic heterocycles. The summed E-state index contributed by atoms with van der Waals surface area (Å²) in [6.45, 7) is 1.99. The number of hydrogen-bond acceptors (Lipinski definition) is 3. The van der Waals surface area contributed by atoms with Gasteiger partial charge in [-0.2, -0.15) is 0 Å². The molecule has 0 saturated carbocycles. The lowest BCUT2D eigenvalue weighted by Gasteiger charge is -2.00. The van der Waals surface area contributed by atoms with E-state index in [0.717, 1.165) is 11.1 Å². The second-order valence-corrected chi connectivity index (χ2v) is 5.14. The molecule has 21 heavy (non-hydrogen) atoms. The van der Waals surface area contributed by atoms with E-state index in [9.17, 15) is 4.79 Å². The SMILES string of the molecule is Cc1cccc(/C=C2/N=C(c3ccccc3Cl)OC2=O)c1. The largest absolute Gasteiger partial charge is 0.402 e. The topological polar surface area (TPSA) is 38.7 Å². The molecule has 0 N–H and O–H groups in total. The van der Waals surface area contributed by atoms with Crippen molar-refractivity contribution >= 4 is 29.5 Å². The Kier molecular flexibility index (Phi) is 3.59. The van der Waals surface area contributed by atoms with Crippen LogP contribution in [-0.4, -0.2) is 11.9 Å². The minimum absolute atomic E-state index is 0.240. The predicted molar refractivity (Wildman–Crippen MR) is 83.2 cm³/mol. The van der Waals surface area contributed by atoms with Gasteiger partial charge in [0.15, 0.2) is 5.70 Å². The minimum Gasteiger partial charge on any atom is -0.402 e. The Balaban J connectivity index is 1.98. The Morgan fingerprint density at radius 2 is 1.95 bits per heavy atom. The zero-order chi connectivity index (χ0) is 14.8. The highest BCUT2D eigenvalue weighted by Gasteiger charge is 2.25. The molecule has 0 unspecified atom stereocenters. The number of rotatable bonds is 2. The summed E-state index contributed by atoms with van der Waals surface area (Å²) in [5, 5.41) is 0.501. The summed E-state index contributed by atoms with van der Waals surface area (Å²) >= 11 is 6.09. The average Bonchev–Trinajstić information content (AvgIpc) is 2.80. The highest BCUT2D eigenvalue weighted by atomic mass is 35.5. The van der Waals surface area contributed by atoms with E-state index >= 15 is 0 Å². The van der Waals surface area contributed by atoms with Crippen LogP contribution in [0.5, 0.6) is 0 Å². The standard InChI is InChI=1S/C17H12ClNO2/c1-11-5-4-6-12(9-11)10-15-17(20)21-16(19-15)13-7-2-3-8-14(13)18/h2-10H,1H3/b15-10+. The molecule has 104 valence electrons. The summed E-state index contributed by atoms with van der Waals surface area (Å²) < 4.78 is 5.20. The van der Waals surface area contributed by atoms with Crippen LogP contribution in [0.1, 0.15) is 16.7 Å². The summed E-state index contributed by atoms with van der Waals surface area (Å²) in [7, 11) is 0. The number of carbonyl (C=O) groups excluding carboxylic acids is 1. The molecule has 3 nitrogen and oxygen atoms in total. The van der Waals surface area contributed by atoms with Crippen LogP contribution in [0.15, 0.2) is 59.2 Å². The van der Waals surface area contributed by atoms with E-state index in [1.165, 1.54) is 0 Å². The molecule has 0 amide bonds. The lowest BCUT2D eigenvalue weighted by molar-refractivity contribution is -0.129. The summed E-state index contributed by atoms with van der Waals surface area (Å²) in [5.41, 5.74) is 2.91. The number of benzene rings is 2. The van der Waals surface area contributed by atoms with E-state index in [0.29, 0.717) is 10.6 Å². The summed E-state index contributed by atoms with van der Waals surface area (Å²) in [4.78, 5) is 16.2. The fourth-order valence-electron chi connectivity index (χ4n) is 2.08. The number of aliphatic imine (C=N–C) groups is 1. The van der Waals surface area contributed by atoms with E-state index in [2.05, 4.69) is 4.99 Å². The maximum Gasteiger partial charge on any atom is 0.363 e. The van der Waals surface area contributed by atoms with Crippen LogP contribution in [0.2, 0.25) is 5.02 Å². The first kappa shape index (κ1) is 13.6. The maximum absolute atomic E-state index is 11.9. The van der Waals surface area contributed by atoms with Crippen molar-refractivity contribution in [3.63, 3.8) is 0 Å². The van der Waals surface area contributed by atoms with Gasteiger partial charge in [-0.15, -0.1) is 0 Å². The number of esters is 1. The van der Waals surface area contributed by atoms with Gasteiger partial charge >= 0.3 is 5.97 Å². The third-order valence-electron chi connectivity index (χ3n) is 3.07. The predicted octanol–water partition coefficient (Wildman–Crippen LogP) is 3.99. The van der Waals surface area contributed by atoms with Gasteiger partial charge in [-0.05, 0) is 30.7 Å². The average molecular weight is 298 g/mol. The number of nitrogens with zero attached hydrogens (tertiary/aromatic N) is 1. The van der Waals surface area contributed by atoms with Gasteiger partial charge in [0.25, 0.3) is 0 Å². The molecule has 0 aliphatic carbocycles. The second kappa shape index (κ2) is 5.54. The van der Waals surface area contributed by atoms with Crippen molar-refractivity contribution in [2.24, 2.45) is 4.99 Å². The lowest BCUT2D eigenvalue weighted by Crippen LogP contribution is -2.05. The highest BCUT2D eigenvalue weighted by Crippen LogP contribution is 2.23. The highest BCUT2D eigenvalue weighted by molar-refractivity contribution is 6.34. The van der Waals surface area contributed by atoms with Crippen molar-refractivity contribution in [2.75, 3.05) is 0 Å². The molecular formula is C17H12ClNO2. The Morgan fingerprint density at radius 3 is 2.71 bits per heavy atom. The molecule has 1 heterocycles. The van der Waals surface area contributed by atoms with Gasteiger partial charge in [0, 0.05) is 0 Å². The molecular weight excluding hydrogens is 286 g/mol. The van der Waals surface area contributed by atoms with Gasteiger partial charge in [-0.3, -0.25) is 0 Å². The lowest BCUT2D eigenvalue weighted by atomic mass is 10.1. The molecule has 4 heteroatoms. The van der Waals surface area contributed by atoms with Crippen molar-refractivity contribution in [3.05, 3.63) is 75.9 Å². The van der Waals surface area contributed by atoms with Gasteiger partial charge in [-0.25, -0.2) is 9.79 Å². The molecule has 0 atom stereocenters. The molecule has 0 aromatic heterocycles. The summed E-state index contributed by atoms with van der Waals surface area (Å²) in [6, 6.07) is 14.9. The normalized spacial score (nSPS) is 16.0. The Bertz CT molecular complexity index is 778. The third-order valence-corrected chi connectivity index (χ3v) is 3.40. The third kappa shape index (κ3) is 2.88. The van der Waals surface area contributed by atoms with Crippen molar-refractivity contribution in [2.45, 2.75) is 6.92 Å². The van der Waals surface area contributed by atoms with Crippen LogP contribution in [0.4, 0.5) is 0 Å². The minimum atomic E-state index is -0.466. The zero-order valence-corrected chi connectivity index (χ0v) is 12.1. The van der Waals surface area contributed by atoms with Crippen LogP contribution in [0.3, 0.4) is 0 Å². The van der Waals surface area contributed by atoms with Crippen LogP contribution in [-0.2, 0) is 9.53 Å². The number of ether oxygens (including phenoxy) is 1. The zero-order valence-electron chi connectivity index (χ0n) is 11.3. The molecule has 3 rings (SSSR count). The maximum atomic E-state index is 11.9. The molecule has 0 spiro atoms. The van der Waals surface area contributed by atoms with Crippen LogP contribution < -0.4 is 0 Å². The molecule has 0 bridgehead atoms. The van der Waals surface area contributed by atoms with Crippen LogP contribution in [0.25, 0.3) is 6.08 Å². The van der Waals surface area contributed by atoms with Gasteiger partial charge in [-0.1, -0.05) is 53.6 Å². The quantitative estimate of drug-likeness (QED) is 0.621. The first-order valence-corrected chi connectivity index (χ1v) is 6.85. The summed E-state index contributed by atoms with van der Waals surface area (Å²) in [6.07, 6.45) is 1.71. The van der Waals surface area contributed by atoms with Crippen molar-refractivity contribution in [1.82, 2.24) is 0 Å². The van der Waals surface area contributed by atoms with E-state index in [1.807, 2.05) is 43.3 Å². The Morgan fingerprint density at radius 1 is 1.14 bits per heavy atom. The number of aryl methyl sites for hydroxylation is 1. The van der Waals surface area contributed by atoms with Gasteiger partial charge in [0.05, 0.1) is 10.6 Å². The molecule has 0 radical (unpaired) electrons. The van der Waals surface area contributed by atoms with Crippen molar-refractivity contribution < 1.29 is 9.53 Å². The first-order valence-electron chi connectivity index (χ1n) is 6.47. The number of cyclic esters (lactones) is 1. The van der Waals surface area contributed by atoms with Gasteiger partial charge in [0.2, 0.25) is 5.90 Å². The monoisotopic (exact) mass is 297 g/mol. The fourth-order valence-corrected chi connectivity index (χ4v) is 2.29. The molecule has 2 aromatic rings. The summed E-state index contributed by atoms with van der Waals surface area (Å²) in [5.74, 6) is -0.226. The Hall–Kier alpha value is -2.39. The van der Waals surface area contributed by atoms with Crippen LogP contribution in [0, 0.1) is 6.92 Å². The Labute approximate surface area is 127 Å². The number of carbonyl (C=O) groups is 1. The number of hydrogen-bond donors (Lipinski definition) is 0. The smallest absolute Gasteiger partial charge is 0.363 e. The molecule has 1 aliphatic rings. The van der Waals surface area contributed by atoms with Gasteiger partial charge < -0.3 is 4.74 Å². The fraction of sp³-hybridized carbons (Fsp3) is 0.0588. The second-order valence-electron chi connectivity index (χ2n) is 4.73. The number of halogens is 1. The first-order chi connectivity index (χ1) is 10.1. The van der Waals surface area contributed by atoms with Crippen molar-refractivity contribution in [3.8, 4) is 0 Å². The van der Waals surface area contributed by atoms with Crippen LogP contribution >= 0.6 is 11.6 Å². The molecule has 2 aromatic carbocycles. The van der Waals surface area contributed by atoms with E-state index in [1.54, 1.807) is 18.2 Å². The van der Waals surface area contributed by atoms with E-state index < -0.39 is 5.97 Å². The van der Waals surface area contributed by atoms with Crippen molar-refractivity contribution in [1.29, 1.82) is 0 Å². The molecule has 0 saturated heterocycles. The van der Waals surface area contributed by atoms with E-state index in [-0.39, 0.29) is 11.6 Å². The van der Waals surface area contributed by atoms with Gasteiger partial charge in [0.1, 0.15) is 0 Å².